The monoisotopic (exact) mass is 382 g/mol. The number of benzene rings is 2. The number of carbonyl (C=O) groups excluding carboxylic acids is 1. The number of hydrogen-bond donors (Lipinski definition) is 0. The summed E-state index contributed by atoms with van der Waals surface area (Å²) in [5.74, 6) is 0.419. The molecule has 0 bridgehead atoms. The Kier molecular flexibility index (Phi) is 5.51. The number of hydrogen-bond acceptors (Lipinski definition) is 2. The van der Waals surface area contributed by atoms with E-state index in [2.05, 4.69) is 29.2 Å². The maximum Gasteiger partial charge on any atom is 0.227 e. The first-order chi connectivity index (χ1) is 13.1. The summed E-state index contributed by atoms with van der Waals surface area (Å²) in [6.45, 7) is 3.20. The molecule has 2 aliphatic heterocycles. The van der Waals surface area contributed by atoms with E-state index in [1.165, 1.54) is 24.8 Å². The molecular formula is C23H27ClN2O. The summed E-state index contributed by atoms with van der Waals surface area (Å²) >= 11 is 6.32. The summed E-state index contributed by atoms with van der Waals surface area (Å²) < 4.78 is 0. The fourth-order valence-corrected chi connectivity index (χ4v) is 4.76. The summed E-state index contributed by atoms with van der Waals surface area (Å²) in [6, 6.07) is 16.6. The minimum Gasteiger partial charge on any atom is -0.338 e. The van der Waals surface area contributed by atoms with Gasteiger partial charge in [-0.2, -0.15) is 0 Å². The lowest BCUT2D eigenvalue weighted by atomic mass is 9.96. The van der Waals surface area contributed by atoms with Gasteiger partial charge in [0.2, 0.25) is 5.91 Å². The first-order valence-electron chi connectivity index (χ1n) is 9.97. The van der Waals surface area contributed by atoms with E-state index in [4.69, 9.17) is 11.6 Å². The Labute approximate surface area is 166 Å². The molecule has 2 heterocycles. The van der Waals surface area contributed by atoms with Gasteiger partial charge in [-0.05, 0) is 49.5 Å². The van der Waals surface area contributed by atoms with Crippen molar-refractivity contribution in [3.63, 3.8) is 0 Å². The van der Waals surface area contributed by atoms with Crippen molar-refractivity contribution < 1.29 is 4.79 Å². The molecule has 2 saturated heterocycles. The minimum atomic E-state index is 0.126. The largest absolute Gasteiger partial charge is 0.338 e. The molecule has 3 nitrogen and oxygen atoms in total. The molecule has 2 fully saturated rings. The van der Waals surface area contributed by atoms with Gasteiger partial charge in [0, 0.05) is 24.2 Å². The number of likely N-dealkylation sites (tertiary alicyclic amines) is 2. The molecule has 4 rings (SSSR count). The van der Waals surface area contributed by atoms with Gasteiger partial charge in [0.1, 0.15) is 0 Å². The molecule has 2 aromatic rings. The van der Waals surface area contributed by atoms with Crippen LogP contribution in [0.1, 0.15) is 37.3 Å². The van der Waals surface area contributed by atoms with E-state index >= 15 is 0 Å². The summed E-state index contributed by atoms with van der Waals surface area (Å²) in [5, 5.41) is 0.764. The lowest BCUT2D eigenvalue weighted by molar-refractivity contribution is -0.131. The SMILES string of the molecule is CN1C(=O)[C@H](CN2CCCCC2)C[C@@H]1c1ccc(-c2ccccc2Cl)cc1. The highest BCUT2D eigenvalue weighted by Crippen LogP contribution is 2.37. The number of rotatable bonds is 4. The Bertz CT molecular complexity index is 798. The van der Waals surface area contributed by atoms with Crippen molar-refractivity contribution in [2.24, 2.45) is 5.92 Å². The maximum atomic E-state index is 12.8. The zero-order valence-electron chi connectivity index (χ0n) is 15.9. The molecule has 2 aliphatic rings. The van der Waals surface area contributed by atoms with Crippen LogP contribution in [0.25, 0.3) is 11.1 Å². The second kappa shape index (κ2) is 8.04. The molecule has 0 aromatic heterocycles. The normalized spacial score (nSPS) is 23.8. The van der Waals surface area contributed by atoms with Gasteiger partial charge in [-0.3, -0.25) is 4.79 Å². The molecule has 0 aliphatic carbocycles. The van der Waals surface area contributed by atoms with Crippen LogP contribution >= 0.6 is 11.6 Å². The van der Waals surface area contributed by atoms with Crippen LogP contribution in [0.2, 0.25) is 5.02 Å². The zero-order chi connectivity index (χ0) is 18.8. The Morgan fingerprint density at radius 2 is 1.70 bits per heavy atom. The van der Waals surface area contributed by atoms with Gasteiger partial charge in [-0.15, -0.1) is 0 Å². The van der Waals surface area contributed by atoms with Gasteiger partial charge < -0.3 is 9.80 Å². The van der Waals surface area contributed by atoms with Crippen molar-refractivity contribution in [1.29, 1.82) is 0 Å². The smallest absolute Gasteiger partial charge is 0.227 e. The predicted molar refractivity (Wildman–Crippen MR) is 111 cm³/mol. The second-order valence-corrected chi connectivity index (χ2v) is 8.27. The van der Waals surface area contributed by atoms with E-state index < -0.39 is 0 Å². The molecule has 27 heavy (non-hydrogen) atoms. The van der Waals surface area contributed by atoms with Crippen LogP contribution in [0.5, 0.6) is 0 Å². The number of carbonyl (C=O) groups is 1. The van der Waals surface area contributed by atoms with Gasteiger partial charge in [0.05, 0.1) is 12.0 Å². The fraction of sp³-hybridized carbons (Fsp3) is 0.435. The minimum absolute atomic E-state index is 0.126. The Hall–Kier alpha value is -1.84. The van der Waals surface area contributed by atoms with Gasteiger partial charge in [0.15, 0.2) is 0 Å². The first kappa shape index (κ1) is 18.5. The Morgan fingerprint density at radius 3 is 2.41 bits per heavy atom. The highest BCUT2D eigenvalue weighted by molar-refractivity contribution is 6.33. The molecule has 2 atom stereocenters. The van der Waals surface area contributed by atoms with Crippen LogP contribution in [-0.4, -0.2) is 42.4 Å². The van der Waals surface area contributed by atoms with Gasteiger partial charge in [0.25, 0.3) is 0 Å². The van der Waals surface area contributed by atoms with Crippen molar-refractivity contribution in [3.05, 3.63) is 59.1 Å². The molecule has 4 heteroatoms. The van der Waals surface area contributed by atoms with Crippen molar-refractivity contribution >= 4 is 17.5 Å². The van der Waals surface area contributed by atoms with Gasteiger partial charge >= 0.3 is 0 Å². The molecule has 0 saturated carbocycles. The molecule has 0 N–H and O–H groups in total. The Morgan fingerprint density at radius 1 is 1.00 bits per heavy atom. The molecule has 0 spiro atoms. The second-order valence-electron chi connectivity index (χ2n) is 7.86. The third-order valence-electron chi connectivity index (χ3n) is 6.08. The predicted octanol–water partition coefficient (Wildman–Crippen LogP) is 5.01. The summed E-state index contributed by atoms with van der Waals surface area (Å²) in [6.07, 6.45) is 4.78. The summed E-state index contributed by atoms with van der Waals surface area (Å²) in [7, 11) is 1.95. The van der Waals surface area contributed by atoms with E-state index in [1.807, 2.05) is 36.2 Å². The quantitative estimate of drug-likeness (QED) is 0.741. The van der Waals surface area contributed by atoms with E-state index in [-0.39, 0.29) is 12.0 Å². The highest BCUT2D eigenvalue weighted by Gasteiger charge is 2.38. The molecular weight excluding hydrogens is 356 g/mol. The third-order valence-corrected chi connectivity index (χ3v) is 6.41. The molecule has 0 unspecified atom stereocenters. The molecule has 0 radical (unpaired) electrons. The van der Waals surface area contributed by atoms with Crippen LogP contribution in [0, 0.1) is 5.92 Å². The number of amides is 1. The number of halogens is 1. The highest BCUT2D eigenvalue weighted by atomic mass is 35.5. The number of nitrogens with zero attached hydrogens (tertiary/aromatic N) is 2. The van der Waals surface area contributed by atoms with Crippen LogP contribution in [0.4, 0.5) is 0 Å². The molecule has 2 aromatic carbocycles. The third kappa shape index (κ3) is 3.90. The summed E-state index contributed by atoms with van der Waals surface area (Å²) in [5.41, 5.74) is 3.37. The van der Waals surface area contributed by atoms with Crippen LogP contribution in [0.3, 0.4) is 0 Å². The summed E-state index contributed by atoms with van der Waals surface area (Å²) in [4.78, 5) is 17.2. The Balaban J connectivity index is 1.48. The van der Waals surface area contributed by atoms with E-state index in [0.29, 0.717) is 5.91 Å². The maximum absolute atomic E-state index is 12.8. The van der Waals surface area contributed by atoms with Crippen molar-refractivity contribution in [3.8, 4) is 11.1 Å². The van der Waals surface area contributed by atoms with E-state index in [0.717, 1.165) is 42.2 Å². The van der Waals surface area contributed by atoms with Crippen LogP contribution in [-0.2, 0) is 4.79 Å². The topological polar surface area (TPSA) is 23.6 Å². The number of piperidine rings is 1. The standard InChI is InChI=1S/C23H27ClN2O/c1-25-22(15-19(23(25)27)16-26-13-5-2-6-14-26)18-11-9-17(10-12-18)20-7-3-4-8-21(20)24/h3-4,7-12,19,22H,2,5-6,13-16H2,1H3/t19-,22+/m0/s1. The average Bonchev–Trinajstić information content (AvgIpc) is 2.98. The van der Waals surface area contributed by atoms with Gasteiger partial charge in [-0.1, -0.05) is 60.5 Å². The zero-order valence-corrected chi connectivity index (χ0v) is 16.7. The lowest BCUT2D eigenvalue weighted by Gasteiger charge is -2.28. The average molecular weight is 383 g/mol. The van der Waals surface area contributed by atoms with Crippen LogP contribution in [0.15, 0.2) is 48.5 Å². The first-order valence-corrected chi connectivity index (χ1v) is 10.3. The van der Waals surface area contributed by atoms with Gasteiger partial charge in [-0.25, -0.2) is 0 Å². The van der Waals surface area contributed by atoms with Crippen molar-refractivity contribution in [1.82, 2.24) is 9.80 Å². The van der Waals surface area contributed by atoms with Crippen molar-refractivity contribution in [2.45, 2.75) is 31.7 Å². The van der Waals surface area contributed by atoms with E-state index in [1.54, 1.807) is 0 Å². The van der Waals surface area contributed by atoms with Crippen LogP contribution < -0.4 is 0 Å². The fourth-order valence-electron chi connectivity index (χ4n) is 4.52. The van der Waals surface area contributed by atoms with E-state index in [9.17, 15) is 4.79 Å². The molecule has 1 amide bonds. The molecule has 142 valence electrons. The lowest BCUT2D eigenvalue weighted by Crippen LogP contribution is -2.36. The van der Waals surface area contributed by atoms with Crippen molar-refractivity contribution in [2.75, 3.05) is 26.7 Å².